The van der Waals surface area contributed by atoms with Crippen molar-refractivity contribution >= 4 is 0 Å². The summed E-state index contributed by atoms with van der Waals surface area (Å²) in [5.41, 5.74) is 0. The van der Waals surface area contributed by atoms with Gasteiger partial charge in [-0.05, 0) is 0 Å². The summed E-state index contributed by atoms with van der Waals surface area (Å²) in [6.07, 6.45) is 8.82. The molecule has 4 heteroatoms. The van der Waals surface area contributed by atoms with Crippen LogP contribution >= 0.6 is 0 Å². The molecule has 0 saturated carbocycles. The van der Waals surface area contributed by atoms with E-state index in [-0.39, 0.29) is 16.4 Å². The molecule has 3 nitrogen and oxygen atoms in total. The van der Waals surface area contributed by atoms with E-state index < -0.39 is 0 Å². The van der Waals surface area contributed by atoms with Gasteiger partial charge in [-0.15, -0.1) is 0 Å². The van der Waals surface area contributed by atoms with E-state index in [1.165, 1.54) is 67.1 Å². The predicted molar refractivity (Wildman–Crippen MR) is 53.2 cm³/mol. The van der Waals surface area contributed by atoms with Crippen LogP contribution in [0.25, 0.3) is 0 Å². The van der Waals surface area contributed by atoms with Crippen LogP contribution in [-0.2, 0) is 24.4 Å². The zero-order chi connectivity index (χ0) is 8.53. The van der Waals surface area contributed by atoms with E-state index in [1.807, 2.05) is 0 Å². The minimum Gasteiger partial charge on any atom is -0.870 e. The number of unbranched alkanes of at least 4 members (excludes halogenated alkanes) is 4. The first-order chi connectivity index (χ1) is 5.27. The Labute approximate surface area is 103 Å². The van der Waals surface area contributed by atoms with Crippen LogP contribution in [0.4, 0.5) is 0 Å². The molecule has 0 amide bonds. The van der Waals surface area contributed by atoms with Gasteiger partial charge in [0.25, 0.3) is 0 Å². The van der Waals surface area contributed by atoms with Gasteiger partial charge in [-0.1, -0.05) is 0 Å². The number of hydrogen-bond acceptors (Lipinski definition) is 3. The molecule has 0 fully saturated rings. The van der Waals surface area contributed by atoms with Gasteiger partial charge in [0.15, 0.2) is 0 Å². The number of hydrogen-bond donors (Lipinski definition) is 0. The summed E-state index contributed by atoms with van der Waals surface area (Å²) >= 11 is 1.41. The van der Waals surface area contributed by atoms with Crippen molar-refractivity contribution in [2.75, 3.05) is 0 Å². The van der Waals surface area contributed by atoms with Gasteiger partial charge in [-0.3, -0.25) is 0 Å². The largest absolute Gasteiger partial charge is 0.870 e. The Bertz CT molecular complexity index is 79.8. The standard InChI is InChI=1S/C10H21.Hf.3H2O/c1-4-5-6-7-8-9-10(2)3;;;;/h10H,1,4-9H2,2-3H3;;3*1H2/q;+3;;;/p-3. The molecule has 0 unspecified atom stereocenters. The first-order valence-electron chi connectivity index (χ1n) is 4.92. The van der Waals surface area contributed by atoms with Crippen LogP contribution in [0.3, 0.4) is 0 Å². The second-order valence-electron chi connectivity index (χ2n) is 3.70. The molecule has 0 saturated heterocycles. The van der Waals surface area contributed by atoms with Crippen molar-refractivity contribution in [3.8, 4) is 0 Å². The van der Waals surface area contributed by atoms with Crippen molar-refractivity contribution in [1.29, 1.82) is 0 Å². The Hall–Kier alpha value is 0.750. The summed E-state index contributed by atoms with van der Waals surface area (Å²) in [5.74, 6) is 0.911. The molecule has 0 atom stereocenters. The van der Waals surface area contributed by atoms with Crippen molar-refractivity contribution in [3.63, 3.8) is 0 Å². The molecular weight excluding hydrogens is 347 g/mol. The van der Waals surface area contributed by atoms with Gasteiger partial charge in [-0.2, -0.15) is 0 Å². The molecule has 14 heavy (non-hydrogen) atoms. The fourth-order valence-electron chi connectivity index (χ4n) is 1.21. The third-order valence-corrected chi connectivity index (χ3v) is 3.23. The summed E-state index contributed by atoms with van der Waals surface area (Å²) in [6, 6.07) is 0. The minimum absolute atomic E-state index is 0. The fourth-order valence-corrected chi connectivity index (χ4v) is 2.11. The van der Waals surface area contributed by atoms with Gasteiger partial charge < -0.3 is 16.4 Å². The van der Waals surface area contributed by atoms with Crippen LogP contribution in [-0.4, -0.2) is 16.4 Å². The third kappa shape index (κ3) is 23.0. The maximum atomic E-state index is 2.32. The maximum absolute atomic E-state index is 2.32. The first-order valence-corrected chi connectivity index (χ1v) is 7.46. The van der Waals surface area contributed by atoms with Crippen LogP contribution in [0.5, 0.6) is 0 Å². The van der Waals surface area contributed by atoms with Crippen molar-refractivity contribution in [1.82, 2.24) is 0 Å². The van der Waals surface area contributed by atoms with Crippen LogP contribution < -0.4 is 0 Å². The molecular formula is C10H24HfO3. The average Bonchev–Trinajstić information content (AvgIpc) is 1.96. The zero-order valence-electron chi connectivity index (χ0n) is 9.37. The maximum Gasteiger partial charge on any atom is -0.870 e. The first kappa shape index (κ1) is 24.1. The molecule has 0 aromatic rings. The van der Waals surface area contributed by atoms with Crippen molar-refractivity contribution < 1.29 is 40.8 Å². The summed E-state index contributed by atoms with van der Waals surface area (Å²) in [7, 11) is 0. The third-order valence-electron chi connectivity index (χ3n) is 1.96. The van der Waals surface area contributed by atoms with E-state index in [0.29, 0.717) is 0 Å². The van der Waals surface area contributed by atoms with Crippen molar-refractivity contribution in [2.24, 2.45) is 5.92 Å². The second kappa shape index (κ2) is 19.3. The smallest absolute Gasteiger partial charge is 0.870 e. The van der Waals surface area contributed by atoms with E-state index in [2.05, 4.69) is 13.8 Å². The van der Waals surface area contributed by atoms with Crippen LogP contribution in [0.15, 0.2) is 0 Å². The Morgan fingerprint density at radius 3 is 1.64 bits per heavy atom. The Morgan fingerprint density at radius 2 is 1.21 bits per heavy atom. The van der Waals surface area contributed by atoms with Gasteiger partial charge in [0.2, 0.25) is 0 Å². The molecule has 0 aliphatic carbocycles. The molecule has 0 aromatic heterocycles. The molecule has 3 N–H and O–H groups in total. The molecule has 0 bridgehead atoms. The molecule has 86 valence electrons. The van der Waals surface area contributed by atoms with Crippen molar-refractivity contribution in [2.45, 2.75) is 56.5 Å². The van der Waals surface area contributed by atoms with Gasteiger partial charge in [0, 0.05) is 0 Å². The summed E-state index contributed by atoms with van der Waals surface area (Å²) in [4.78, 5) is 0. The average molecular weight is 371 g/mol. The quantitative estimate of drug-likeness (QED) is 0.508. The predicted octanol–water partition coefficient (Wildman–Crippen LogP) is 3.42. The zero-order valence-corrected chi connectivity index (χ0v) is 13.0. The van der Waals surface area contributed by atoms with Crippen LogP contribution in [0, 0.1) is 5.92 Å². The topological polar surface area (TPSA) is 90.0 Å². The summed E-state index contributed by atoms with van der Waals surface area (Å²) in [6.45, 7) is 4.63. The summed E-state index contributed by atoms with van der Waals surface area (Å²) < 4.78 is 1.50. The van der Waals surface area contributed by atoms with Crippen molar-refractivity contribution in [3.05, 3.63) is 0 Å². The Morgan fingerprint density at radius 1 is 0.786 bits per heavy atom. The molecule has 0 rings (SSSR count). The molecule has 0 aliphatic rings. The monoisotopic (exact) mass is 372 g/mol. The fraction of sp³-hybridized carbons (Fsp3) is 1.00. The van der Waals surface area contributed by atoms with E-state index in [9.17, 15) is 0 Å². The normalized spacial score (nSPS) is 8.64. The molecule has 0 heterocycles. The van der Waals surface area contributed by atoms with Crippen LogP contribution in [0.1, 0.15) is 52.4 Å². The Balaban J connectivity index is -0.000000167. The van der Waals surface area contributed by atoms with Gasteiger partial charge in [0.1, 0.15) is 0 Å². The summed E-state index contributed by atoms with van der Waals surface area (Å²) in [5, 5.41) is 0. The van der Waals surface area contributed by atoms with Crippen LogP contribution in [0.2, 0.25) is 4.18 Å². The van der Waals surface area contributed by atoms with Gasteiger partial charge in [-0.25, -0.2) is 0 Å². The SMILES string of the molecule is CC(C)CCCCCC[CH2][Hf+3].[OH-].[OH-].[OH-]. The van der Waals surface area contributed by atoms with E-state index in [4.69, 9.17) is 0 Å². The number of rotatable bonds is 7. The molecule has 0 spiro atoms. The Kier molecular flexibility index (Phi) is 33.3. The van der Waals surface area contributed by atoms with E-state index >= 15 is 0 Å². The van der Waals surface area contributed by atoms with E-state index in [1.54, 1.807) is 0 Å². The van der Waals surface area contributed by atoms with Gasteiger partial charge >= 0.3 is 86.8 Å². The second-order valence-corrected chi connectivity index (χ2v) is 5.50. The molecule has 0 aliphatic heterocycles. The van der Waals surface area contributed by atoms with E-state index in [0.717, 1.165) is 5.92 Å². The molecule has 0 radical (unpaired) electrons. The minimum atomic E-state index is 0. The van der Waals surface area contributed by atoms with Gasteiger partial charge in [0.05, 0.1) is 0 Å². The molecule has 0 aromatic carbocycles.